The lowest BCUT2D eigenvalue weighted by Crippen LogP contribution is -2.40. The number of carbonyl (C=O) groups is 1. The number of hydrogen-bond donors (Lipinski definition) is 2. The normalized spacial score (nSPS) is 14.8. The van der Waals surface area contributed by atoms with Gasteiger partial charge in [-0.3, -0.25) is 14.1 Å². The van der Waals surface area contributed by atoms with Crippen molar-refractivity contribution in [2.24, 2.45) is 0 Å². The monoisotopic (exact) mass is 494 g/mol. The molecule has 2 heterocycles. The number of para-hydroxylation sites is 3. The first kappa shape index (κ1) is 22.9. The molecule has 1 aliphatic rings. The van der Waals surface area contributed by atoms with Crippen LogP contribution in [0, 0.1) is 5.82 Å². The molecule has 0 aliphatic carbocycles. The number of sulfonamides is 1. The molecule has 0 spiro atoms. The van der Waals surface area contributed by atoms with Crippen LogP contribution in [0.1, 0.15) is 29.2 Å². The summed E-state index contributed by atoms with van der Waals surface area (Å²) in [5.41, 5.74) is 1.50. The molecule has 4 aromatic rings. The van der Waals surface area contributed by atoms with Crippen LogP contribution in [0.2, 0.25) is 0 Å². The fourth-order valence-corrected chi connectivity index (χ4v) is 5.60. The number of anilines is 1. The van der Waals surface area contributed by atoms with Gasteiger partial charge >= 0.3 is 5.69 Å². The lowest BCUT2D eigenvalue weighted by atomic mass is 10.0. The van der Waals surface area contributed by atoms with Crippen molar-refractivity contribution in [2.45, 2.75) is 23.8 Å². The van der Waals surface area contributed by atoms with Crippen molar-refractivity contribution in [3.8, 4) is 0 Å². The average Bonchev–Trinajstić information content (AvgIpc) is 3.21. The Kier molecular flexibility index (Phi) is 5.89. The highest BCUT2D eigenvalue weighted by atomic mass is 32.2. The Bertz CT molecular complexity index is 1570. The van der Waals surface area contributed by atoms with Gasteiger partial charge in [-0.25, -0.2) is 17.6 Å². The molecule has 3 aromatic carbocycles. The van der Waals surface area contributed by atoms with Crippen molar-refractivity contribution in [1.29, 1.82) is 0 Å². The third kappa shape index (κ3) is 4.44. The first-order valence-corrected chi connectivity index (χ1v) is 12.7. The summed E-state index contributed by atoms with van der Waals surface area (Å²) in [5, 5.41) is 0. The number of aromatic nitrogens is 2. The van der Waals surface area contributed by atoms with Crippen molar-refractivity contribution in [3.63, 3.8) is 0 Å². The van der Waals surface area contributed by atoms with Crippen molar-refractivity contribution in [1.82, 2.24) is 14.5 Å². The molecule has 1 aliphatic heterocycles. The molecule has 2 N–H and O–H groups in total. The fraction of sp³-hybridized carbons (Fsp3) is 0.200. The largest absolute Gasteiger partial charge is 0.338 e. The van der Waals surface area contributed by atoms with Crippen molar-refractivity contribution in [2.75, 3.05) is 17.8 Å². The van der Waals surface area contributed by atoms with Crippen LogP contribution in [-0.4, -0.2) is 41.9 Å². The molecule has 180 valence electrons. The maximum absolute atomic E-state index is 13.9. The highest BCUT2D eigenvalue weighted by molar-refractivity contribution is 7.92. The molecule has 10 heteroatoms. The number of nitrogens with zero attached hydrogens (tertiary/aromatic N) is 2. The number of aromatic amines is 1. The van der Waals surface area contributed by atoms with Gasteiger partial charge in [0.2, 0.25) is 0 Å². The van der Waals surface area contributed by atoms with Crippen LogP contribution < -0.4 is 10.4 Å². The molecule has 8 nitrogen and oxygen atoms in total. The molecule has 0 radical (unpaired) electrons. The van der Waals surface area contributed by atoms with Gasteiger partial charge in [-0.05, 0) is 55.3 Å². The summed E-state index contributed by atoms with van der Waals surface area (Å²) in [7, 11) is -4.09. The lowest BCUT2D eigenvalue weighted by molar-refractivity contribution is 0.0694. The van der Waals surface area contributed by atoms with Crippen LogP contribution in [0.5, 0.6) is 0 Å². The van der Waals surface area contributed by atoms with Crippen molar-refractivity contribution >= 4 is 32.7 Å². The molecule has 35 heavy (non-hydrogen) atoms. The lowest BCUT2D eigenvalue weighted by Gasteiger charge is -2.32. The molecule has 1 amide bonds. The Hall–Kier alpha value is -3.92. The first-order chi connectivity index (χ1) is 16.8. The van der Waals surface area contributed by atoms with Gasteiger partial charge in [0.05, 0.1) is 21.6 Å². The van der Waals surface area contributed by atoms with Gasteiger partial charge in [-0.1, -0.05) is 30.3 Å². The van der Waals surface area contributed by atoms with E-state index < -0.39 is 15.8 Å². The molecule has 1 aromatic heterocycles. The molecule has 5 rings (SSSR count). The maximum Gasteiger partial charge on any atom is 0.326 e. The summed E-state index contributed by atoms with van der Waals surface area (Å²) in [6.07, 6.45) is 1.20. The van der Waals surface area contributed by atoms with Crippen molar-refractivity contribution in [3.05, 3.63) is 94.7 Å². The number of imidazole rings is 1. The van der Waals surface area contributed by atoms with Gasteiger partial charge < -0.3 is 9.88 Å². The van der Waals surface area contributed by atoms with Gasteiger partial charge in [-0.15, -0.1) is 0 Å². The van der Waals surface area contributed by atoms with E-state index in [9.17, 15) is 22.4 Å². The second-order valence-electron chi connectivity index (χ2n) is 8.45. The summed E-state index contributed by atoms with van der Waals surface area (Å²) < 4.78 is 43.5. The zero-order chi connectivity index (χ0) is 24.6. The van der Waals surface area contributed by atoms with Crippen molar-refractivity contribution < 1.29 is 17.6 Å². The maximum atomic E-state index is 13.9. The van der Waals surface area contributed by atoms with E-state index in [2.05, 4.69) is 9.71 Å². The molecular formula is C25H23FN4O4S. The third-order valence-corrected chi connectivity index (χ3v) is 7.61. The first-order valence-electron chi connectivity index (χ1n) is 11.2. The second-order valence-corrected chi connectivity index (χ2v) is 10.1. The predicted molar refractivity (Wildman–Crippen MR) is 130 cm³/mol. The minimum Gasteiger partial charge on any atom is -0.338 e. The van der Waals surface area contributed by atoms with Gasteiger partial charge in [0, 0.05) is 24.7 Å². The van der Waals surface area contributed by atoms with Crippen LogP contribution in [0.15, 0.2) is 82.5 Å². The number of likely N-dealkylation sites (tertiary alicyclic amines) is 1. The smallest absolute Gasteiger partial charge is 0.326 e. The highest BCUT2D eigenvalue weighted by Crippen LogP contribution is 2.26. The number of hydrogen-bond acceptors (Lipinski definition) is 4. The van der Waals surface area contributed by atoms with E-state index >= 15 is 0 Å². The van der Waals surface area contributed by atoms with E-state index in [-0.39, 0.29) is 33.8 Å². The zero-order valence-electron chi connectivity index (χ0n) is 18.6. The van der Waals surface area contributed by atoms with Gasteiger partial charge in [0.15, 0.2) is 0 Å². The topological polar surface area (TPSA) is 104 Å². The Morgan fingerprint density at radius 2 is 1.69 bits per heavy atom. The zero-order valence-corrected chi connectivity index (χ0v) is 19.5. The number of carbonyl (C=O) groups excluding carboxylic acids is 1. The van der Waals surface area contributed by atoms with Gasteiger partial charge in [0.1, 0.15) is 5.82 Å². The molecule has 1 saturated heterocycles. The van der Waals surface area contributed by atoms with Gasteiger partial charge in [0.25, 0.3) is 15.9 Å². The number of rotatable bonds is 5. The van der Waals surface area contributed by atoms with E-state index in [0.717, 1.165) is 17.1 Å². The number of fused-ring (bicyclic) bond motifs is 1. The molecule has 0 saturated carbocycles. The average molecular weight is 495 g/mol. The summed E-state index contributed by atoms with van der Waals surface area (Å²) in [6.45, 7) is 0.861. The van der Waals surface area contributed by atoms with E-state index in [0.29, 0.717) is 25.9 Å². The minimum absolute atomic E-state index is 0.0422. The van der Waals surface area contributed by atoms with Crippen LogP contribution in [-0.2, 0) is 10.0 Å². The summed E-state index contributed by atoms with van der Waals surface area (Å²) in [6, 6.07) is 18.6. The molecule has 0 bridgehead atoms. The van der Waals surface area contributed by atoms with E-state index in [1.807, 2.05) is 24.3 Å². The number of benzene rings is 3. The van der Waals surface area contributed by atoms with Crippen LogP contribution in [0.25, 0.3) is 11.0 Å². The molecule has 0 unspecified atom stereocenters. The quantitative estimate of drug-likeness (QED) is 0.441. The van der Waals surface area contributed by atoms with Crippen LogP contribution in [0.3, 0.4) is 0 Å². The molecule has 1 fully saturated rings. The minimum atomic E-state index is -4.09. The molecule has 0 atom stereocenters. The number of halogens is 1. The van der Waals surface area contributed by atoms with Gasteiger partial charge in [-0.2, -0.15) is 0 Å². The summed E-state index contributed by atoms with van der Waals surface area (Å²) in [4.78, 5) is 30.0. The highest BCUT2D eigenvalue weighted by Gasteiger charge is 2.27. The number of H-pyrrole nitrogens is 1. The molecular weight excluding hydrogens is 471 g/mol. The Labute approximate surface area is 201 Å². The fourth-order valence-electron chi connectivity index (χ4n) is 4.49. The Morgan fingerprint density at radius 1 is 0.971 bits per heavy atom. The van der Waals surface area contributed by atoms with Crippen LogP contribution in [0.4, 0.5) is 10.1 Å². The Morgan fingerprint density at radius 3 is 2.46 bits per heavy atom. The second kappa shape index (κ2) is 9.03. The van der Waals surface area contributed by atoms with E-state index in [4.69, 9.17) is 0 Å². The summed E-state index contributed by atoms with van der Waals surface area (Å²) in [5.74, 6) is -0.988. The third-order valence-electron chi connectivity index (χ3n) is 6.25. The SMILES string of the molecule is O=C(c1cccc(S(=O)(=O)Nc2ccccc2F)c1)N1CCC(n2c(=O)[nH]c3ccccc32)CC1. The predicted octanol–water partition coefficient (Wildman–Crippen LogP) is 3.75. The standard InChI is InChI=1S/C25H23FN4O4S/c26-20-8-1-2-9-21(20)28-35(33,34)19-7-5-6-17(16-19)24(31)29-14-12-18(13-15-29)30-23-11-4-3-10-22(23)27-25(30)32/h1-11,16,18,28H,12-15H2,(H,27,32). The number of amides is 1. The van der Waals surface area contributed by atoms with Crippen LogP contribution >= 0.6 is 0 Å². The van der Waals surface area contributed by atoms with E-state index in [1.54, 1.807) is 15.5 Å². The summed E-state index contributed by atoms with van der Waals surface area (Å²) >= 11 is 0. The Balaban J connectivity index is 1.31. The number of nitrogens with one attached hydrogen (secondary N) is 2. The van der Waals surface area contributed by atoms with E-state index in [1.165, 1.54) is 36.4 Å². The number of piperidine rings is 1.